The highest BCUT2D eigenvalue weighted by atomic mass is 32.2. The van der Waals surface area contributed by atoms with Crippen LogP contribution < -0.4 is 4.74 Å². The van der Waals surface area contributed by atoms with Crippen LogP contribution >= 0.6 is 11.8 Å². The highest BCUT2D eigenvalue weighted by Crippen LogP contribution is 2.32. The fraction of sp³-hybridized carbons (Fsp3) is 0.412. The van der Waals surface area contributed by atoms with E-state index in [1.165, 1.54) is 11.8 Å². The first-order chi connectivity index (χ1) is 11.3. The van der Waals surface area contributed by atoms with Crippen LogP contribution in [0.3, 0.4) is 0 Å². The molecule has 0 aliphatic carbocycles. The number of amidine groups is 1. The predicted molar refractivity (Wildman–Crippen MR) is 92.6 cm³/mol. The summed E-state index contributed by atoms with van der Waals surface area (Å²) in [6, 6.07) is 7.76. The lowest BCUT2D eigenvalue weighted by Gasteiger charge is -2.27. The molecule has 2 aliphatic rings. The maximum atomic E-state index is 12.2. The third kappa shape index (κ3) is 3.95. The van der Waals surface area contributed by atoms with Crippen molar-refractivity contribution in [3.63, 3.8) is 0 Å². The molecule has 1 aromatic carbocycles. The molecule has 122 valence electrons. The monoisotopic (exact) mass is 332 g/mol. The van der Waals surface area contributed by atoms with Crippen molar-refractivity contribution in [1.29, 1.82) is 0 Å². The van der Waals surface area contributed by atoms with Crippen LogP contribution in [-0.4, -0.2) is 48.9 Å². The van der Waals surface area contributed by atoms with Gasteiger partial charge in [0.25, 0.3) is 5.91 Å². The van der Waals surface area contributed by atoms with Crippen LogP contribution in [0.1, 0.15) is 18.9 Å². The molecule has 0 spiro atoms. The van der Waals surface area contributed by atoms with Gasteiger partial charge in [0.15, 0.2) is 5.17 Å². The van der Waals surface area contributed by atoms with Crippen molar-refractivity contribution in [3.05, 3.63) is 34.7 Å². The van der Waals surface area contributed by atoms with E-state index < -0.39 is 0 Å². The van der Waals surface area contributed by atoms with Gasteiger partial charge in [0, 0.05) is 18.7 Å². The van der Waals surface area contributed by atoms with Crippen molar-refractivity contribution in [1.82, 2.24) is 4.90 Å². The van der Waals surface area contributed by atoms with Crippen molar-refractivity contribution in [2.24, 2.45) is 4.99 Å². The maximum Gasteiger partial charge on any atom is 0.286 e. The Labute approximate surface area is 140 Å². The van der Waals surface area contributed by atoms with Gasteiger partial charge in [-0.15, -0.1) is 0 Å². The average molecular weight is 332 g/mol. The fourth-order valence-corrected chi connectivity index (χ4v) is 3.33. The Morgan fingerprint density at radius 2 is 2.13 bits per heavy atom. The van der Waals surface area contributed by atoms with E-state index >= 15 is 0 Å². The number of rotatable bonds is 4. The largest absolute Gasteiger partial charge is 0.493 e. The summed E-state index contributed by atoms with van der Waals surface area (Å²) in [5.41, 5.74) is 0.912. The SMILES string of the molecule is CCCOc1ccccc1C=C1SC(N2CCOCC2)=NC1=O. The minimum absolute atomic E-state index is 0.179. The predicted octanol–water partition coefficient (Wildman–Crippen LogP) is 2.78. The summed E-state index contributed by atoms with van der Waals surface area (Å²) in [5, 5.41) is 0.775. The lowest BCUT2D eigenvalue weighted by atomic mass is 10.2. The highest BCUT2D eigenvalue weighted by Gasteiger charge is 2.27. The van der Waals surface area contributed by atoms with Gasteiger partial charge in [-0.25, -0.2) is 0 Å². The number of carbonyl (C=O) groups excluding carboxylic acids is 1. The van der Waals surface area contributed by atoms with Crippen LogP contribution in [0.4, 0.5) is 0 Å². The first-order valence-corrected chi connectivity index (χ1v) is 8.66. The standard InChI is InChI=1S/C17H20N2O3S/c1-2-9-22-14-6-4-3-5-13(14)12-15-16(20)18-17(23-15)19-7-10-21-11-8-19/h3-6,12H,2,7-11H2,1H3. The molecule has 6 heteroatoms. The molecular formula is C17H20N2O3S. The number of hydrogen-bond acceptors (Lipinski definition) is 5. The van der Waals surface area contributed by atoms with Crippen LogP contribution in [0, 0.1) is 0 Å². The van der Waals surface area contributed by atoms with Gasteiger partial charge >= 0.3 is 0 Å². The molecule has 0 N–H and O–H groups in total. The molecule has 1 fully saturated rings. The highest BCUT2D eigenvalue weighted by molar-refractivity contribution is 8.18. The third-order valence-electron chi connectivity index (χ3n) is 3.56. The number of aliphatic imine (C=N–C) groups is 1. The van der Waals surface area contributed by atoms with E-state index in [1.54, 1.807) is 0 Å². The van der Waals surface area contributed by atoms with E-state index in [0.29, 0.717) is 24.7 Å². The second-order valence-corrected chi connectivity index (χ2v) is 6.30. The maximum absolute atomic E-state index is 12.2. The smallest absolute Gasteiger partial charge is 0.286 e. The number of thioether (sulfide) groups is 1. The Balaban J connectivity index is 1.75. The lowest BCUT2D eigenvalue weighted by molar-refractivity contribution is -0.113. The summed E-state index contributed by atoms with van der Waals surface area (Å²) >= 11 is 1.43. The van der Waals surface area contributed by atoms with Gasteiger partial charge in [-0.1, -0.05) is 25.1 Å². The summed E-state index contributed by atoms with van der Waals surface area (Å²) in [4.78, 5) is 19.1. The Bertz CT molecular complexity index is 636. The zero-order valence-corrected chi connectivity index (χ0v) is 14.0. The average Bonchev–Trinajstić information content (AvgIpc) is 2.96. The van der Waals surface area contributed by atoms with E-state index in [2.05, 4.69) is 16.8 Å². The van der Waals surface area contributed by atoms with Crippen molar-refractivity contribution in [2.75, 3.05) is 32.9 Å². The lowest BCUT2D eigenvalue weighted by Crippen LogP contribution is -2.38. The molecule has 5 nitrogen and oxygen atoms in total. The van der Waals surface area contributed by atoms with Gasteiger partial charge in [0.2, 0.25) is 0 Å². The molecule has 23 heavy (non-hydrogen) atoms. The molecule has 3 rings (SSSR count). The Morgan fingerprint density at radius 3 is 2.91 bits per heavy atom. The molecule has 1 saturated heterocycles. The van der Waals surface area contributed by atoms with E-state index in [1.807, 2.05) is 30.3 Å². The molecule has 0 radical (unpaired) electrons. The van der Waals surface area contributed by atoms with Gasteiger partial charge in [-0.3, -0.25) is 4.79 Å². The van der Waals surface area contributed by atoms with Gasteiger partial charge in [0.05, 0.1) is 24.7 Å². The van der Waals surface area contributed by atoms with Crippen LogP contribution in [0.25, 0.3) is 6.08 Å². The van der Waals surface area contributed by atoms with Crippen molar-refractivity contribution >= 4 is 28.9 Å². The first kappa shape index (κ1) is 16.1. The Morgan fingerprint density at radius 1 is 1.35 bits per heavy atom. The molecule has 0 unspecified atom stereocenters. The van der Waals surface area contributed by atoms with Gasteiger partial charge < -0.3 is 14.4 Å². The Hall–Kier alpha value is -1.79. The molecule has 0 bridgehead atoms. The summed E-state index contributed by atoms with van der Waals surface area (Å²) in [7, 11) is 0. The topological polar surface area (TPSA) is 51.1 Å². The van der Waals surface area contributed by atoms with Gasteiger partial charge in [-0.05, 0) is 30.3 Å². The van der Waals surface area contributed by atoms with Gasteiger partial charge in [-0.2, -0.15) is 4.99 Å². The molecule has 1 amide bonds. The van der Waals surface area contributed by atoms with E-state index in [4.69, 9.17) is 9.47 Å². The summed E-state index contributed by atoms with van der Waals surface area (Å²) in [5.74, 6) is 0.622. The third-order valence-corrected chi connectivity index (χ3v) is 4.60. The number of nitrogens with zero attached hydrogens (tertiary/aromatic N) is 2. The summed E-state index contributed by atoms with van der Waals surface area (Å²) < 4.78 is 11.1. The molecule has 1 aromatic rings. The number of ether oxygens (including phenoxy) is 2. The summed E-state index contributed by atoms with van der Waals surface area (Å²) in [6.07, 6.45) is 2.82. The number of para-hydroxylation sites is 1. The molecular weight excluding hydrogens is 312 g/mol. The molecule has 2 aliphatic heterocycles. The number of morpholine rings is 1. The molecule has 0 atom stereocenters. The zero-order chi connectivity index (χ0) is 16.1. The number of hydrogen-bond donors (Lipinski definition) is 0. The van der Waals surface area contributed by atoms with Crippen LogP contribution in [-0.2, 0) is 9.53 Å². The van der Waals surface area contributed by atoms with E-state index in [0.717, 1.165) is 36.0 Å². The Kier molecular flexibility index (Phi) is 5.35. The van der Waals surface area contributed by atoms with Crippen molar-refractivity contribution in [2.45, 2.75) is 13.3 Å². The van der Waals surface area contributed by atoms with Crippen LogP contribution in [0.5, 0.6) is 5.75 Å². The van der Waals surface area contributed by atoms with E-state index in [-0.39, 0.29) is 5.91 Å². The minimum atomic E-state index is -0.179. The van der Waals surface area contributed by atoms with Crippen molar-refractivity contribution < 1.29 is 14.3 Å². The fourth-order valence-electron chi connectivity index (χ4n) is 2.37. The minimum Gasteiger partial charge on any atom is -0.493 e. The zero-order valence-electron chi connectivity index (χ0n) is 13.2. The van der Waals surface area contributed by atoms with Crippen LogP contribution in [0.2, 0.25) is 0 Å². The second-order valence-electron chi connectivity index (χ2n) is 5.30. The number of carbonyl (C=O) groups is 1. The molecule has 0 saturated carbocycles. The van der Waals surface area contributed by atoms with E-state index in [9.17, 15) is 4.79 Å². The second kappa shape index (κ2) is 7.66. The van der Waals surface area contributed by atoms with Gasteiger partial charge in [0.1, 0.15) is 5.75 Å². The summed E-state index contributed by atoms with van der Waals surface area (Å²) in [6.45, 7) is 5.66. The normalized spacial score (nSPS) is 20.0. The van der Waals surface area contributed by atoms with Crippen molar-refractivity contribution in [3.8, 4) is 5.75 Å². The number of amides is 1. The number of benzene rings is 1. The molecule has 2 heterocycles. The quantitative estimate of drug-likeness (QED) is 0.794. The van der Waals surface area contributed by atoms with Crippen LogP contribution in [0.15, 0.2) is 34.2 Å². The molecule has 0 aromatic heterocycles. The first-order valence-electron chi connectivity index (χ1n) is 7.85.